The van der Waals surface area contributed by atoms with Gasteiger partial charge in [0.05, 0.1) is 5.69 Å². The van der Waals surface area contributed by atoms with E-state index in [1.807, 2.05) is 13.2 Å². The molecule has 1 aromatic heterocycles. The Kier molecular flexibility index (Phi) is 5.14. The van der Waals surface area contributed by atoms with Crippen molar-refractivity contribution in [3.05, 3.63) is 29.6 Å². The predicted octanol–water partition coefficient (Wildman–Crippen LogP) is 2.42. The van der Waals surface area contributed by atoms with E-state index in [1.54, 1.807) is 0 Å². The first-order chi connectivity index (χ1) is 8.81. The summed E-state index contributed by atoms with van der Waals surface area (Å²) in [5, 5.41) is 3.15. The van der Waals surface area contributed by atoms with Crippen LogP contribution in [0.15, 0.2) is 18.3 Å². The fourth-order valence-electron chi connectivity index (χ4n) is 2.71. The van der Waals surface area contributed by atoms with Gasteiger partial charge in [0.25, 0.3) is 0 Å². The van der Waals surface area contributed by atoms with Crippen molar-refractivity contribution in [3.63, 3.8) is 0 Å². The van der Waals surface area contributed by atoms with Gasteiger partial charge in [0.1, 0.15) is 0 Å². The molecule has 1 N–H and O–H groups in total. The first-order valence-corrected chi connectivity index (χ1v) is 7.12. The summed E-state index contributed by atoms with van der Waals surface area (Å²) in [6, 6.07) is 4.35. The Morgan fingerprint density at radius 3 is 3.00 bits per heavy atom. The summed E-state index contributed by atoms with van der Waals surface area (Å²) in [5.74, 6) is 0.891. The Balaban J connectivity index is 1.88. The highest BCUT2D eigenvalue weighted by molar-refractivity contribution is 5.13. The van der Waals surface area contributed by atoms with Crippen molar-refractivity contribution in [1.29, 1.82) is 0 Å². The second-order valence-corrected chi connectivity index (χ2v) is 5.34. The minimum absolute atomic E-state index is 0.891. The molecule has 1 aromatic rings. The van der Waals surface area contributed by atoms with Crippen LogP contribution in [0.2, 0.25) is 0 Å². The Morgan fingerprint density at radius 1 is 1.44 bits per heavy atom. The van der Waals surface area contributed by atoms with Gasteiger partial charge < -0.3 is 5.32 Å². The van der Waals surface area contributed by atoms with Crippen LogP contribution in [0.1, 0.15) is 37.4 Å². The number of pyridine rings is 1. The van der Waals surface area contributed by atoms with E-state index in [0.717, 1.165) is 19.0 Å². The van der Waals surface area contributed by atoms with Gasteiger partial charge in [0.2, 0.25) is 0 Å². The number of piperidine rings is 1. The van der Waals surface area contributed by atoms with Gasteiger partial charge in [0, 0.05) is 25.8 Å². The lowest BCUT2D eigenvalue weighted by Gasteiger charge is -2.31. The largest absolute Gasteiger partial charge is 0.316 e. The summed E-state index contributed by atoms with van der Waals surface area (Å²) in [6.45, 7) is 6.69. The molecule has 0 bridgehead atoms. The lowest BCUT2D eigenvalue weighted by atomic mass is 9.95. The predicted molar refractivity (Wildman–Crippen MR) is 75.3 cm³/mol. The molecule has 2 rings (SSSR count). The van der Waals surface area contributed by atoms with Crippen LogP contribution in [-0.2, 0) is 13.1 Å². The first-order valence-electron chi connectivity index (χ1n) is 7.12. The summed E-state index contributed by atoms with van der Waals surface area (Å²) < 4.78 is 0. The molecule has 0 aromatic carbocycles. The average molecular weight is 247 g/mol. The van der Waals surface area contributed by atoms with Crippen LogP contribution in [0.25, 0.3) is 0 Å². The highest BCUT2D eigenvalue weighted by Gasteiger charge is 2.18. The second kappa shape index (κ2) is 6.86. The molecular formula is C15H25N3. The number of rotatable bonds is 5. The van der Waals surface area contributed by atoms with Crippen molar-refractivity contribution in [1.82, 2.24) is 15.2 Å². The molecular weight excluding hydrogens is 222 g/mol. The molecule has 1 fully saturated rings. The maximum Gasteiger partial charge on any atom is 0.0544 e. The Hall–Kier alpha value is -0.930. The van der Waals surface area contributed by atoms with Gasteiger partial charge in [-0.25, -0.2) is 0 Å². The topological polar surface area (TPSA) is 28.2 Å². The molecule has 1 unspecified atom stereocenters. The lowest BCUT2D eigenvalue weighted by Crippen LogP contribution is -2.34. The summed E-state index contributed by atoms with van der Waals surface area (Å²) in [7, 11) is 1.96. The SMILES string of the molecule is CCC1CCCN(Cc2ccc(CNC)cn2)C1. The Morgan fingerprint density at radius 2 is 2.33 bits per heavy atom. The molecule has 0 saturated carbocycles. The lowest BCUT2D eigenvalue weighted by molar-refractivity contribution is 0.163. The van der Waals surface area contributed by atoms with Crippen LogP contribution >= 0.6 is 0 Å². The van der Waals surface area contributed by atoms with Gasteiger partial charge >= 0.3 is 0 Å². The van der Waals surface area contributed by atoms with Crippen molar-refractivity contribution in [2.45, 2.75) is 39.3 Å². The van der Waals surface area contributed by atoms with Crippen LogP contribution < -0.4 is 5.32 Å². The van der Waals surface area contributed by atoms with Gasteiger partial charge in [-0.2, -0.15) is 0 Å². The van der Waals surface area contributed by atoms with Crippen molar-refractivity contribution in [2.24, 2.45) is 5.92 Å². The molecule has 1 aliphatic rings. The van der Waals surface area contributed by atoms with Crippen LogP contribution in [0.3, 0.4) is 0 Å². The normalized spacial score (nSPS) is 21.1. The van der Waals surface area contributed by atoms with Crippen LogP contribution in [0.4, 0.5) is 0 Å². The smallest absolute Gasteiger partial charge is 0.0544 e. The summed E-state index contributed by atoms with van der Waals surface area (Å²) in [4.78, 5) is 7.11. The van der Waals surface area contributed by atoms with E-state index in [9.17, 15) is 0 Å². The minimum Gasteiger partial charge on any atom is -0.316 e. The molecule has 100 valence electrons. The summed E-state index contributed by atoms with van der Waals surface area (Å²) >= 11 is 0. The van der Waals surface area contributed by atoms with E-state index in [0.29, 0.717) is 0 Å². The molecule has 0 aliphatic carbocycles. The highest BCUT2D eigenvalue weighted by atomic mass is 15.1. The van der Waals surface area contributed by atoms with Crippen LogP contribution in [-0.4, -0.2) is 30.0 Å². The zero-order valence-corrected chi connectivity index (χ0v) is 11.7. The van der Waals surface area contributed by atoms with E-state index in [4.69, 9.17) is 0 Å². The van der Waals surface area contributed by atoms with Gasteiger partial charge in [-0.3, -0.25) is 9.88 Å². The van der Waals surface area contributed by atoms with E-state index < -0.39 is 0 Å². The zero-order chi connectivity index (χ0) is 12.8. The fourth-order valence-corrected chi connectivity index (χ4v) is 2.71. The molecule has 0 spiro atoms. The van der Waals surface area contributed by atoms with Gasteiger partial charge in [-0.05, 0) is 44.0 Å². The first kappa shape index (κ1) is 13.5. The number of aromatic nitrogens is 1. The molecule has 1 saturated heterocycles. The second-order valence-electron chi connectivity index (χ2n) is 5.34. The van der Waals surface area contributed by atoms with Crippen molar-refractivity contribution in [3.8, 4) is 0 Å². The van der Waals surface area contributed by atoms with E-state index in [-0.39, 0.29) is 0 Å². The Labute approximate surface area is 111 Å². The average Bonchev–Trinajstić information content (AvgIpc) is 2.42. The molecule has 3 nitrogen and oxygen atoms in total. The number of hydrogen-bond donors (Lipinski definition) is 1. The number of hydrogen-bond acceptors (Lipinski definition) is 3. The third-order valence-corrected chi connectivity index (χ3v) is 3.83. The van der Waals surface area contributed by atoms with Crippen molar-refractivity contribution < 1.29 is 0 Å². The number of nitrogens with one attached hydrogen (secondary N) is 1. The summed E-state index contributed by atoms with van der Waals surface area (Å²) in [6.07, 6.45) is 6.05. The Bertz CT molecular complexity index is 347. The molecule has 18 heavy (non-hydrogen) atoms. The minimum atomic E-state index is 0.891. The van der Waals surface area contributed by atoms with E-state index in [1.165, 1.54) is 43.6 Å². The van der Waals surface area contributed by atoms with Gasteiger partial charge in [-0.15, -0.1) is 0 Å². The summed E-state index contributed by atoms with van der Waals surface area (Å²) in [5.41, 5.74) is 2.46. The molecule has 2 heterocycles. The third-order valence-electron chi connectivity index (χ3n) is 3.83. The van der Waals surface area contributed by atoms with Crippen molar-refractivity contribution >= 4 is 0 Å². The number of likely N-dealkylation sites (tertiary alicyclic amines) is 1. The van der Waals surface area contributed by atoms with Gasteiger partial charge in [0.15, 0.2) is 0 Å². The number of nitrogens with zero attached hydrogens (tertiary/aromatic N) is 2. The molecule has 0 amide bonds. The standard InChI is InChI=1S/C15H25N3/c1-3-13-5-4-8-18(11-13)12-15-7-6-14(9-16-2)10-17-15/h6-7,10,13,16H,3-5,8-9,11-12H2,1-2H3. The van der Waals surface area contributed by atoms with Crippen LogP contribution in [0, 0.1) is 5.92 Å². The fraction of sp³-hybridized carbons (Fsp3) is 0.667. The highest BCUT2D eigenvalue weighted by Crippen LogP contribution is 2.20. The molecule has 3 heteroatoms. The van der Waals surface area contributed by atoms with E-state index >= 15 is 0 Å². The third kappa shape index (κ3) is 3.79. The van der Waals surface area contributed by atoms with E-state index in [2.05, 4.69) is 34.3 Å². The van der Waals surface area contributed by atoms with Crippen molar-refractivity contribution in [2.75, 3.05) is 20.1 Å². The quantitative estimate of drug-likeness (QED) is 0.866. The maximum absolute atomic E-state index is 4.56. The molecule has 0 radical (unpaired) electrons. The van der Waals surface area contributed by atoms with Crippen LogP contribution in [0.5, 0.6) is 0 Å². The van der Waals surface area contributed by atoms with Gasteiger partial charge in [-0.1, -0.05) is 19.4 Å². The maximum atomic E-state index is 4.56. The zero-order valence-electron chi connectivity index (χ0n) is 11.7. The molecule has 1 aliphatic heterocycles. The molecule has 1 atom stereocenters. The monoisotopic (exact) mass is 247 g/mol.